The van der Waals surface area contributed by atoms with Gasteiger partial charge in [0.05, 0.1) is 5.69 Å². The summed E-state index contributed by atoms with van der Waals surface area (Å²) in [7, 11) is 0. The molecule has 0 aliphatic carbocycles. The summed E-state index contributed by atoms with van der Waals surface area (Å²) in [6.07, 6.45) is 6.73. The van der Waals surface area contributed by atoms with Gasteiger partial charge in [-0.2, -0.15) is 12.6 Å². The average molecular weight is 231 g/mol. The molecule has 1 rings (SSSR count). The lowest BCUT2D eigenvalue weighted by Crippen LogP contribution is -1.83. The van der Waals surface area contributed by atoms with Crippen molar-refractivity contribution in [1.29, 1.82) is 0 Å². The second-order valence-electron chi connectivity index (χ2n) is 3.24. The predicted octanol–water partition coefficient (Wildman–Crippen LogP) is 3.57. The Morgan fingerprint density at radius 1 is 1.36 bits per heavy atom. The van der Waals surface area contributed by atoms with Crippen LogP contribution in [0.3, 0.4) is 0 Å². The molecule has 0 fully saturated rings. The minimum absolute atomic E-state index is 0.802. The second-order valence-corrected chi connectivity index (χ2v) is 4.73. The van der Waals surface area contributed by atoms with Crippen molar-refractivity contribution in [3.05, 3.63) is 12.0 Å². The van der Waals surface area contributed by atoms with E-state index >= 15 is 0 Å². The Morgan fingerprint density at radius 3 is 2.79 bits per heavy atom. The first-order chi connectivity index (χ1) is 6.83. The van der Waals surface area contributed by atoms with Gasteiger partial charge in [-0.25, -0.2) is 4.98 Å². The molecule has 0 N–H and O–H groups in total. The fourth-order valence-electron chi connectivity index (χ4n) is 1.13. The summed E-state index contributed by atoms with van der Waals surface area (Å²) in [5.74, 6) is 2.11. The normalized spacial score (nSPS) is 10.7. The zero-order chi connectivity index (χ0) is 10.2. The van der Waals surface area contributed by atoms with E-state index in [1.807, 2.05) is 6.92 Å². The number of nitrogens with zero attached hydrogens (tertiary/aromatic N) is 1. The Balaban J connectivity index is 1.99. The van der Waals surface area contributed by atoms with Crippen LogP contribution in [0.4, 0.5) is 0 Å². The van der Waals surface area contributed by atoms with Crippen molar-refractivity contribution in [1.82, 2.24) is 4.98 Å². The summed E-state index contributed by atoms with van der Waals surface area (Å²) < 4.78 is 5.23. The van der Waals surface area contributed by atoms with E-state index in [0.29, 0.717) is 0 Å². The molecule has 0 unspecified atom stereocenters. The fourth-order valence-corrected chi connectivity index (χ4v) is 2.20. The van der Waals surface area contributed by atoms with Crippen molar-refractivity contribution < 1.29 is 4.42 Å². The van der Waals surface area contributed by atoms with E-state index in [1.165, 1.54) is 25.7 Å². The van der Waals surface area contributed by atoms with E-state index in [9.17, 15) is 0 Å². The molecule has 0 aliphatic heterocycles. The van der Waals surface area contributed by atoms with Crippen molar-refractivity contribution >= 4 is 24.4 Å². The molecule has 0 amide bonds. The van der Waals surface area contributed by atoms with Crippen LogP contribution in [0, 0.1) is 6.92 Å². The third-order valence-electron chi connectivity index (χ3n) is 1.88. The maximum Gasteiger partial charge on any atom is 0.255 e. The number of hydrogen-bond acceptors (Lipinski definition) is 4. The van der Waals surface area contributed by atoms with Gasteiger partial charge < -0.3 is 4.42 Å². The van der Waals surface area contributed by atoms with Crippen molar-refractivity contribution in [2.75, 3.05) is 11.5 Å². The van der Waals surface area contributed by atoms with Gasteiger partial charge >= 0.3 is 0 Å². The van der Waals surface area contributed by atoms with Crippen LogP contribution >= 0.6 is 24.4 Å². The Labute approximate surface area is 95.3 Å². The Bertz CT molecular complexity index is 250. The summed E-state index contributed by atoms with van der Waals surface area (Å²) in [6.45, 7) is 1.94. The maximum atomic E-state index is 5.23. The zero-order valence-electron chi connectivity index (χ0n) is 8.53. The van der Waals surface area contributed by atoms with E-state index in [1.54, 1.807) is 18.0 Å². The highest BCUT2D eigenvalue weighted by atomic mass is 32.2. The van der Waals surface area contributed by atoms with Crippen molar-refractivity contribution in [2.24, 2.45) is 0 Å². The van der Waals surface area contributed by atoms with Gasteiger partial charge in [-0.3, -0.25) is 0 Å². The molecule has 1 aromatic rings. The van der Waals surface area contributed by atoms with E-state index in [4.69, 9.17) is 4.42 Å². The number of rotatable bonds is 7. The Kier molecular flexibility index (Phi) is 6.19. The number of hydrogen-bond donors (Lipinski definition) is 1. The first kappa shape index (κ1) is 12.0. The van der Waals surface area contributed by atoms with Gasteiger partial charge in [-0.15, -0.1) is 0 Å². The first-order valence-electron chi connectivity index (χ1n) is 4.98. The van der Waals surface area contributed by atoms with Crippen LogP contribution in [-0.2, 0) is 0 Å². The minimum Gasteiger partial charge on any atom is -0.440 e. The largest absolute Gasteiger partial charge is 0.440 e. The molecule has 0 aromatic carbocycles. The topological polar surface area (TPSA) is 26.0 Å². The predicted molar refractivity (Wildman–Crippen MR) is 64.3 cm³/mol. The standard InChI is InChI=1S/C10H17NOS2/c1-9-8-12-10(11-9)14-7-5-3-2-4-6-13/h8,13H,2-7H2,1H3. The van der Waals surface area contributed by atoms with Crippen molar-refractivity contribution in [3.8, 4) is 0 Å². The molecule has 80 valence electrons. The highest BCUT2D eigenvalue weighted by Crippen LogP contribution is 2.18. The van der Waals surface area contributed by atoms with Gasteiger partial charge in [0.2, 0.25) is 0 Å². The monoisotopic (exact) mass is 231 g/mol. The van der Waals surface area contributed by atoms with Crippen molar-refractivity contribution in [2.45, 2.75) is 37.8 Å². The van der Waals surface area contributed by atoms with Gasteiger partial charge in [0, 0.05) is 5.75 Å². The summed E-state index contributed by atoms with van der Waals surface area (Å²) in [6, 6.07) is 0. The molecule has 2 nitrogen and oxygen atoms in total. The van der Waals surface area contributed by atoms with E-state index in [-0.39, 0.29) is 0 Å². The van der Waals surface area contributed by atoms with Crippen LogP contribution in [-0.4, -0.2) is 16.5 Å². The molecule has 0 atom stereocenters. The van der Waals surface area contributed by atoms with Gasteiger partial charge in [0.15, 0.2) is 0 Å². The third-order valence-corrected chi connectivity index (χ3v) is 3.12. The molecule has 0 saturated heterocycles. The fraction of sp³-hybridized carbons (Fsp3) is 0.700. The highest BCUT2D eigenvalue weighted by Gasteiger charge is 2.00. The van der Waals surface area contributed by atoms with Crippen LogP contribution in [0.1, 0.15) is 31.4 Å². The van der Waals surface area contributed by atoms with Gasteiger partial charge in [0.25, 0.3) is 5.22 Å². The quantitative estimate of drug-likeness (QED) is 0.441. The highest BCUT2D eigenvalue weighted by molar-refractivity contribution is 7.99. The van der Waals surface area contributed by atoms with Crippen molar-refractivity contribution in [3.63, 3.8) is 0 Å². The molecule has 0 bridgehead atoms. The molecule has 0 spiro atoms. The summed E-state index contributed by atoms with van der Waals surface area (Å²) in [4.78, 5) is 4.23. The summed E-state index contributed by atoms with van der Waals surface area (Å²) >= 11 is 5.88. The van der Waals surface area contributed by atoms with Crippen LogP contribution in [0.25, 0.3) is 0 Å². The minimum atomic E-state index is 0.802. The summed E-state index contributed by atoms with van der Waals surface area (Å²) in [5.41, 5.74) is 0.961. The van der Waals surface area contributed by atoms with Crippen LogP contribution < -0.4 is 0 Å². The van der Waals surface area contributed by atoms with Crippen LogP contribution in [0.5, 0.6) is 0 Å². The van der Waals surface area contributed by atoms with Gasteiger partial charge in [0.1, 0.15) is 6.26 Å². The molecule has 0 radical (unpaired) electrons. The lowest BCUT2D eigenvalue weighted by Gasteiger charge is -1.97. The molecule has 0 saturated carbocycles. The summed E-state index contributed by atoms with van der Waals surface area (Å²) in [5, 5.41) is 0.802. The number of aromatic nitrogens is 1. The van der Waals surface area contributed by atoms with Gasteiger partial charge in [-0.1, -0.05) is 24.6 Å². The lowest BCUT2D eigenvalue weighted by atomic mass is 10.2. The van der Waals surface area contributed by atoms with E-state index in [0.717, 1.165) is 22.4 Å². The van der Waals surface area contributed by atoms with E-state index in [2.05, 4.69) is 17.6 Å². The molecule has 1 aromatic heterocycles. The number of thioether (sulfide) groups is 1. The molecule has 14 heavy (non-hydrogen) atoms. The Hall–Kier alpha value is -0.0900. The van der Waals surface area contributed by atoms with Crippen LogP contribution in [0.15, 0.2) is 15.9 Å². The second kappa shape index (κ2) is 7.23. The molecule has 1 heterocycles. The number of thiol groups is 1. The maximum absolute atomic E-state index is 5.23. The number of oxazole rings is 1. The molecular weight excluding hydrogens is 214 g/mol. The van der Waals surface area contributed by atoms with E-state index < -0.39 is 0 Å². The molecular formula is C10H17NOS2. The van der Waals surface area contributed by atoms with Crippen LogP contribution in [0.2, 0.25) is 0 Å². The first-order valence-corrected chi connectivity index (χ1v) is 6.60. The average Bonchev–Trinajstić information content (AvgIpc) is 2.58. The zero-order valence-corrected chi connectivity index (χ0v) is 10.2. The Morgan fingerprint density at radius 2 is 2.14 bits per heavy atom. The number of aryl methyl sites for hydroxylation is 1. The molecule has 0 aliphatic rings. The molecule has 4 heteroatoms. The SMILES string of the molecule is Cc1coc(SCCCCCCS)n1. The van der Waals surface area contributed by atoms with Gasteiger partial charge in [-0.05, 0) is 25.5 Å². The number of unbranched alkanes of at least 4 members (excludes halogenated alkanes) is 3. The smallest absolute Gasteiger partial charge is 0.255 e. The lowest BCUT2D eigenvalue weighted by molar-refractivity contribution is 0.454. The third kappa shape index (κ3) is 4.96.